The van der Waals surface area contributed by atoms with E-state index < -0.39 is 16.0 Å². The van der Waals surface area contributed by atoms with Crippen molar-refractivity contribution in [3.63, 3.8) is 0 Å². The fourth-order valence-corrected chi connectivity index (χ4v) is 4.21. The lowest BCUT2D eigenvalue weighted by Gasteiger charge is -2.22. The van der Waals surface area contributed by atoms with Gasteiger partial charge in [0, 0.05) is 33.1 Å². The van der Waals surface area contributed by atoms with E-state index in [-0.39, 0.29) is 35.2 Å². The van der Waals surface area contributed by atoms with Crippen molar-refractivity contribution in [2.45, 2.75) is 18.2 Å². The third-order valence-corrected chi connectivity index (χ3v) is 5.87. The molecule has 1 fully saturated rings. The second kappa shape index (κ2) is 7.18. The zero-order chi connectivity index (χ0) is 17.9. The Labute approximate surface area is 140 Å². The molecule has 1 aliphatic heterocycles. The highest BCUT2D eigenvalue weighted by Crippen LogP contribution is 2.28. The number of methoxy groups -OCH3 is 1. The number of carbonyl (C=O) groups is 2. The van der Waals surface area contributed by atoms with Gasteiger partial charge in [-0.15, -0.1) is 0 Å². The van der Waals surface area contributed by atoms with Gasteiger partial charge in [0.15, 0.2) is 0 Å². The summed E-state index contributed by atoms with van der Waals surface area (Å²) in [7, 11) is -2.55. The summed E-state index contributed by atoms with van der Waals surface area (Å²) in [5, 5.41) is 9.01. The van der Waals surface area contributed by atoms with Crippen molar-refractivity contribution >= 4 is 21.9 Å². The summed E-state index contributed by atoms with van der Waals surface area (Å²) in [5.41, 5.74) is -0.0515. The van der Waals surface area contributed by atoms with Gasteiger partial charge in [-0.1, -0.05) is 0 Å². The van der Waals surface area contributed by atoms with Crippen LogP contribution in [0.1, 0.15) is 23.7 Å². The Kier molecular flexibility index (Phi) is 5.45. The van der Waals surface area contributed by atoms with Crippen molar-refractivity contribution in [3.05, 3.63) is 23.8 Å². The number of hydrogen-bond donors (Lipinski definition) is 1. The van der Waals surface area contributed by atoms with E-state index in [1.54, 1.807) is 4.90 Å². The quantitative estimate of drug-likeness (QED) is 0.849. The summed E-state index contributed by atoms with van der Waals surface area (Å²) in [5.74, 6) is -1.26. The predicted molar refractivity (Wildman–Crippen MR) is 85.6 cm³/mol. The van der Waals surface area contributed by atoms with Crippen LogP contribution in [0, 0.1) is 0 Å². The molecule has 0 radical (unpaired) electrons. The summed E-state index contributed by atoms with van der Waals surface area (Å²) >= 11 is 0. The molecule has 1 saturated heterocycles. The van der Waals surface area contributed by atoms with Gasteiger partial charge in [0.05, 0.1) is 12.7 Å². The number of carboxylic acid groups (broad SMARTS) is 1. The number of rotatable bonds is 4. The molecule has 0 aromatic heterocycles. The van der Waals surface area contributed by atoms with E-state index in [4.69, 9.17) is 9.84 Å². The smallest absolute Gasteiger partial charge is 0.335 e. The number of hydrogen-bond acceptors (Lipinski definition) is 5. The van der Waals surface area contributed by atoms with Crippen LogP contribution in [-0.4, -0.2) is 67.9 Å². The first-order valence-electron chi connectivity index (χ1n) is 7.44. The summed E-state index contributed by atoms with van der Waals surface area (Å²) in [6, 6.07) is 3.66. The van der Waals surface area contributed by atoms with E-state index >= 15 is 0 Å². The highest BCUT2D eigenvalue weighted by atomic mass is 32.2. The minimum absolute atomic E-state index is 0.0115. The number of ether oxygens (including phenoxy) is 1. The van der Waals surface area contributed by atoms with Gasteiger partial charge in [0.25, 0.3) is 0 Å². The van der Waals surface area contributed by atoms with Crippen molar-refractivity contribution < 1.29 is 27.9 Å². The van der Waals surface area contributed by atoms with Crippen molar-refractivity contribution in [1.82, 2.24) is 9.21 Å². The first-order valence-corrected chi connectivity index (χ1v) is 8.88. The van der Waals surface area contributed by atoms with E-state index in [0.29, 0.717) is 19.5 Å². The maximum Gasteiger partial charge on any atom is 0.335 e. The lowest BCUT2D eigenvalue weighted by Crippen LogP contribution is -2.36. The Bertz CT molecular complexity index is 746. The molecule has 0 aliphatic carbocycles. The Morgan fingerprint density at radius 2 is 1.88 bits per heavy atom. The Balaban J connectivity index is 2.33. The average molecular weight is 356 g/mol. The summed E-state index contributed by atoms with van der Waals surface area (Å²) in [6.07, 6.45) is 0.536. The second-order valence-electron chi connectivity index (χ2n) is 5.43. The Hall–Kier alpha value is -2.13. The molecule has 0 unspecified atom stereocenters. The number of aromatic carboxylic acids is 1. The molecule has 132 valence electrons. The van der Waals surface area contributed by atoms with E-state index in [2.05, 4.69) is 0 Å². The molecular formula is C15H20N2O6S. The van der Waals surface area contributed by atoms with Crippen LogP contribution in [0.15, 0.2) is 23.1 Å². The van der Waals surface area contributed by atoms with Gasteiger partial charge in [-0.2, -0.15) is 4.31 Å². The van der Waals surface area contributed by atoms with E-state index in [9.17, 15) is 18.0 Å². The highest BCUT2D eigenvalue weighted by molar-refractivity contribution is 7.89. The van der Waals surface area contributed by atoms with Crippen LogP contribution < -0.4 is 4.74 Å². The molecule has 0 atom stereocenters. The van der Waals surface area contributed by atoms with Gasteiger partial charge in [-0.05, 0) is 24.6 Å². The maximum atomic E-state index is 12.9. The predicted octanol–water partition coefficient (Wildman–Crippen LogP) is 0.636. The highest BCUT2D eigenvalue weighted by Gasteiger charge is 2.30. The molecule has 1 aliphatic rings. The van der Waals surface area contributed by atoms with Gasteiger partial charge >= 0.3 is 5.97 Å². The summed E-state index contributed by atoms with van der Waals surface area (Å²) in [4.78, 5) is 24.0. The molecule has 1 aromatic rings. The topological polar surface area (TPSA) is 104 Å². The van der Waals surface area contributed by atoms with Crippen LogP contribution in [0.4, 0.5) is 0 Å². The molecule has 1 aromatic carbocycles. The molecule has 0 saturated carbocycles. The maximum absolute atomic E-state index is 12.9. The number of carboxylic acids is 1. The molecule has 0 spiro atoms. The zero-order valence-electron chi connectivity index (χ0n) is 13.6. The fraction of sp³-hybridized carbons (Fsp3) is 0.467. The molecule has 9 heteroatoms. The van der Waals surface area contributed by atoms with Gasteiger partial charge in [-0.25, -0.2) is 13.2 Å². The minimum atomic E-state index is -3.84. The average Bonchev–Trinajstić information content (AvgIpc) is 2.80. The van der Waals surface area contributed by atoms with E-state index in [0.717, 1.165) is 0 Å². The molecule has 1 amide bonds. The van der Waals surface area contributed by atoms with Crippen molar-refractivity contribution in [2.24, 2.45) is 0 Å². The SMILES string of the molecule is COc1cc(C(=O)O)ccc1S(=O)(=O)N1CCCN(C(C)=O)CC1. The van der Waals surface area contributed by atoms with Crippen LogP contribution in [0.25, 0.3) is 0 Å². The van der Waals surface area contributed by atoms with Gasteiger partial charge in [0.2, 0.25) is 15.9 Å². The summed E-state index contributed by atoms with van der Waals surface area (Å²) < 4.78 is 32.1. The molecule has 8 nitrogen and oxygen atoms in total. The van der Waals surface area contributed by atoms with Gasteiger partial charge in [-0.3, -0.25) is 4.79 Å². The van der Waals surface area contributed by atoms with E-state index in [1.165, 1.54) is 36.5 Å². The van der Waals surface area contributed by atoms with Crippen molar-refractivity contribution in [1.29, 1.82) is 0 Å². The first kappa shape index (κ1) is 18.2. The number of benzene rings is 1. The first-order chi connectivity index (χ1) is 11.3. The molecule has 1 N–H and O–H groups in total. The largest absolute Gasteiger partial charge is 0.495 e. The molecular weight excluding hydrogens is 336 g/mol. The normalized spacial score (nSPS) is 16.5. The summed E-state index contributed by atoms with van der Waals surface area (Å²) in [6.45, 7) is 2.76. The van der Waals surface area contributed by atoms with Crippen molar-refractivity contribution in [3.8, 4) is 5.75 Å². The molecule has 1 heterocycles. The third kappa shape index (κ3) is 3.68. The van der Waals surface area contributed by atoms with Crippen LogP contribution in [0.3, 0.4) is 0 Å². The van der Waals surface area contributed by atoms with Crippen LogP contribution in [0.2, 0.25) is 0 Å². The number of sulfonamides is 1. The fourth-order valence-electron chi connectivity index (χ4n) is 2.60. The molecule has 24 heavy (non-hydrogen) atoms. The van der Waals surface area contributed by atoms with Crippen LogP contribution in [0.5, 0.6) is 5.75 Å². The van der Waals surface area contributed by atoms with Crippen molar-refractivity contribution in [2.75, 3.05) is 33.3 Å². The third-order valence-electron chi connectivity index (χ3n) is 3.93. The lowest BCUT2D eigenvalue weighted by molar-refractivity contribution is -0.128. The van der Waals surface area contributed by atoms with E-state index in [1.807, 2.05) is 0 Å². The van der Waals surface area contributed by atoms with Crippen LogP contribution >= 0.6 is 0 Å². The standard InChI is InChI=1S/C15H20N2O6S/c1-11(18)16-6-3-7-17(9-8-16)24(21,22)14-5-4-12(15(19)20)10-13(14)23-2/h4-5,10H,3,6-9H2,1-2H3,(H,19,20). The Morgan fingerprint density at radius 1 is 1.17 bits per heavy atom. The minimum Gasteiger partial charge on any atom is -0.495 e. The lowest BCUT2D eigenvalue weighted by atomic mass is 10.2. The van der Waals surface area contributed by atoms with Gasteiger partial charge < -0.3 is 14.7 Å². The second-order valence-corrected chi connectivity index (χ2v) is 7.34. The molecule has 2 rings (SSSR count). The number of carbonyl (C=O) groups excluding carboxylic acids is 1. The Morgan fingerprint density at radius 3 is 2.46 bits per heavy atom. The number of nitrogens with zero attached hydrogens (tertiary/aromatic N) is 2. The monoisotopic (exact) mass is 356 g/mol. The van der Waals surface area contributed by atoms with Gasteiger partial charge in [0.1, 0.15) is 10.6 Å². The molecule has 0 bridgehead atoms. The zero-order valence-corrected chi connectivity index (χ0v) is 14.4. The number of amides is 1. The van der Waals surface area contributed by atoms with Crippen LogP contribution in [-0.2, 0) is 14.8 Å².